The maximum Gasteiger partial charge on any atom is 0.251 e. The fraction of sp³-hybridized carbons (Fsp3) is 0.542. The molecule has 2 N–H and O–H groups in total. The number of fused-ring (bicyclic) bond motifs is 5. The molecule has 6 heteroatoms. The van der Waals surface area contributed by atoms with Crippen molar-refractivity contribution in [3.63, 3.8) is 0 Å². The van der Waals surface area contributed by atoms with Gasteiger partial charge in [0.1, 0.15) is 6.61 Å². The van der Waals surface area contributed by atoms with Crippen molar-refractivity contribution in [1.82, 2.24) is 14.8 Å². The lowest BCUT2D eigenvalue weighted by molar-refractivity contribution is 0.109. The van der Waals surface area contributed by atoms with Crippen LogP contribution in [0, 0.1) is 11.8 Å². The molecule has 6 nitrogen and oxygen atoms in total. The molecule has 3 aliphatic heterocycles. The van der Waals surface area contributed by atoms with Crippen molar-refractivity contribution >= 4 is 0 Å². The van der Waals surface area contributed by atoms with E-state index in [1.54, 1.807) is 12.1 Å². The summed E-state index contributed by atoms with van der Waals surface area (Å²) in [6, 6.07) is 7.67. The van der Waals surface area contributed by atoms with Gasteiger partial charge < -0.3 is 24.6 Å². The summed E-state index contributed by atoms with van der Waals surface area (Å²) in [6.07, 6.45) is 1.16. The standard InChI is InChI=1S/C24H31N3O3/c1-15(2)11-26-12-16-5-20(14-26)21-7-18(9-23(29)27(21)13-16)17-6-19-10-25-3-4-30-24(19)22(28)8-17/h6-9,15-16,20,25,28H,3-5,10-14H2,1-2H3/t16-,20+/m0/s1. The zero-order valence-electron chi connectivity index (χ0n) is 17.9. The molecule has 160 valence electrons. The van der Waals surface area contributed by atoms with E-state index in [9.17, 15) is 9.90 Å². The van der Waals surface area contributed by atoms with Crippen molar-refractivity contribution in [2.75, 3.05) is 32.8 Å². The zero-order valence-corrected chi connectivity index (χ0v) is 17.9. The molecule has 2 atom stereocenters. The van der Waals surface area contributed by atoms with Gasteiger partial charge in [-0.1, -0.05) is 13.8 Å². The molecule has 5 rings (SSSR count). The van der Waals surface area contributed by atoms with Gasteiger partial charge in [0.05, 0.1) is 0 Å². The molecule has 4 heterocycles. The number of aromatic hydroxyl groups is 1. The molecule has 30 heavy (non-hydrogen) atoms. The number of phenols is 1. The van der Waals surface area contributed by atoms with E-state index in [0.717, 1.165) is 61.5 Å². The van der Waals surface area contributed by atoms with Gasteiger partial charge in [-0.05, 0) is 47.6 Å². The van der Waals surface area contributed by atoms with Gasteiger partial charge in [0.25, 0.3) is 5.56 Å². The summed E-state index contributed by atoms with van der Waals surface area (Å²) in [7, 11) is 0. The van der Waals surface area contributed by atoms with E-state index in [1.165, 1.54) is 0 Å². The summed E-state index contributed by atoms with van der Waals surface area (Å²) in [5.41, 5.74) is 3.90. The van der Waals surface area contributed by atoms with E-state index in [0.29, 0.717) is 36.7 Å². The SMILES string of the molecule is CC(C)CN1C[C@@H]2C[C@H](C1)c1cc(-c3cc(O)c4c(c3)CNCCO4)cc(=O)n1C2. The van der Waals surface area contributed by atoms with Crippen LogP contribution in [-0.2, 0) is 13.1 Å². The normalized spacial score (nSPS) is 23.4. The summed E-state index contributed by atoms with van der Waals surface area (Å²) in [4.78, 5) is 15.6. The topological polar surface area (TPSA) is 66.7 Å². The molecule has 1 fully saturated rings. The van der Waals surface area contributed by atoms with Gasteiger partial charge in [-0.25, -0.2) is 0 Å². The van der Waals surface area contributed by atoms with E-state index in [2.05, 4.69) is 30.1 Å². The predicted molar refractivity (Wildman–Crippen MR) is 117 cm³/mol. The molecule has 1 aromatic carbocycles. The van der Waals surface area contributed by atoms with Gasteiger partial charge in [0, 0.05) is 62.5 Å². The third-order valence-electron chi connectivity index (χ3n) is 6.58. The highest BCUT2D eigenvalue weighted by molar-refractivity contribution is 5.69. The van der Waals surface area contributed by atoms with Crippen molar-refractivity contribution in [1.29, 1.82) is 0 Å². The van der Waals surface area contributed by atoms with Crippen LogP contribution in [0.15, 0.2) is 29.1 Å². The average Bonchev–Trinajstić information content (AvgIpc) is 2.94. The number of hydrogen-bond donors (Lipinski definition) is 2. The van der Waals surface area contributed by atoms with Crippen LogP contribution in [0.1, 0.15) is 37.4 Å². The van der Waals surface area contributed by atoms with Crippen LogP contribution >= 0.6 is 0 Å². The number of pyridine rings is 1. The first kappa shape index (κ1) is 19.6. The number of piperidine rings is 1. The fourth-order valence-electron chi connectivity index (χ4n) is 5.48. The maximum absolute atomic E-state index is 13.0. The van der Waals surface area contributed by atoms with Gasteiger partial charge in [-0.3, -0.25) is 4.79 Å². The highest BCUT2D eigenvalue weighted by atomic mass is 16.5. The minimum Gasteiger partial charge on any atom is -0.504 e. The smallest absolute Gasteiger partial charge is 0.251 e. The van der Waals surface area contributed by atoms with E-state index in [1.807, 2.05) is 10.6 Å². The van der Waals surface area contributed by atoms with Gasteiger partial charge in [0.15, 0.2) is 11.5 Å². The largest absolute Gasteiger partial charge is 0.504 e. The van der Waals surface area contributed by atoms with Crippen LogP contribution in [0.3, 0.4) is 0 Å². The zero-order chi connectivity index (χ0) is 20.8. The minimum atomic E-state index is 0.0679. The number of phenolic OH excluding ortho intramolecular Hbond substituents is 1. The number of ether oxygens (including phenoxy) is 1. The van der Waals surface area contributed by atoms with E-state index >= 15 is 0 Å². The monoisotopic (exact) mass is 409 g/mol. The Hall–Kier alpha value is -2.31. The average molecular weight is 410 g/mol. The molecule has 2 bridgehead atoms. The molecular weight excluding hydrogens is 378 g/mol. The lowest BCUT2D eigenvalue weighted by Gasteiger charge is -2.43. The summed E-state index contributed by atoms with van der Waals surface area (Å²) >= 11 is 0. The van der Waals surface area contributed by atoms with Crippen molar-refractivity contribution < 1.29 is 9.84 Å². The molecule has 1 saturated heterocycles. The molecule has 2 aromatic rings. The van der Waals surface area contributed by atoms with E-state index in [-0.39, 0.29) is 11.3 Å². The Morgan fingerprint density at radius 1 is 1.17 bits per heavy atom. The van der Waals surface area contributed by atoms with Crippen molar-refractivity contribution in [2.24, 2.45) is 11.8 Å². The fourth-order valence-corrected chi connectivity index (χ4v) is 5.48. The third-order valence-corrected chi connectivity index (χ3v) is 6.58. The molecule has 0 aliphatic carbocycles. The molecule has 3 aliphatic rings. The number of aromatic nitrogens is 1. The van der Waals surface area contributed by atoms with Crippen LogP contribution < -0.4 is 15.6 Å². The molecule has 0 spiro atoms. The summed E-state index contributed by atoms with van der Waals surface area (Å²) < 4.78 is 7.69. The first-order chi connectivity index (χ1) is 14.5. The molecule has 0 saturated carbocycles. The Balaban J connectivity index is 1.52. The minimum absolute atomic E-state index is 0.0679. The highest BCUT2D eigenvalue weighted by Crippen LogP contribution is 2.39. The van der Waals surface area contributed by atoms with Gasteiger partial charge in [-0.2, -0.15) is 0 Å². The quantitative estimate of drug-likeness (QED) is 0.816. The summed E-state index contributed by atoms with van der Waals surface area (Å²) in [6.45, 7) is 10.5. The van der Waals surface area contributed by atoms with E-state index < -0.39 is 0 Å². The maximum atomic E-state index is 13.0. The van der Waals surface area contributed by atoms with Gasteiger partial charge >= 0.3 is 0 Å². The number of hydrogen-bond acceptors (Lipinski definition) is 5. The second kappa shape index (κ2) is 7.75. The van der Waals surface area contributed by atoms with Crippen LogP contribution in [0.2, 0.25) is 0 Å². The first-order valence-corrected chi connectivity index (χ1v) is 11.1. The molecule has 0 amide bonds. The molecule has 1 aromatic heterocycles. The Labute approximate surface area is 177 Å². The Morgan fingerprint density at radius 3 is 2.83 bits per heavy atom. The predicted octanol–water partition coefficient (Wildman–Crippen LogP) is 2.78. The van der Waals surface area contributed by atoms with Crippen LogP contribution in [0.5, 0.6) is 11.5 Å². The highest BCUT2D eigenvalue weighted by Gasteiger charge is 2.35. The van der Waals surface area contributed by atoms with E-state index in [4.69, 9.17) is 4.74 Å². The van der Waals surface area contributed by atoms with Crippen LogP contribution in [-0.4, -0.2) is 47.4 Å². The number of likely N-dealkylation sites (tertiary alicyclic amines) is 1. The van der Waals surface area contributed by atoms with Crippen LogP contribution in [0.4, 0.5) is 0 Å². The second-order valence-corrected chi connectivity index (χ2v) is 9.54. The lowest BCUT2D eigenvalue weighted by atomic mass is 9.82. The van der Waals surface area contributed by atoms with Crippen molar-refractivity contribution in [2.45, 2.75) is 39.3 Å². The molecule has 0 unspecified atom stereocenters. The Morgan fingerprint density at radius 2 is 2.00 bits per heavy atom. The van der Waals surface area contributed by atoms with Gasteiger partial charge in [0.2, 0.25) is 0 Å². The Kier molecular flexibility index (Phi) is 5.07. The summed E-state index contributed by atoms with van der Waals surface area (Å²) in [5.74, 6) is 2.29. The first-order valence-electron chi connectivity index (χ1n) is 11.1. The second-order valence-electron chi connectivity index (χ2n) is 9.54. The van der Waals surface area contributed by atoms with Crippen molar-refractivity contribution in [3.8, 4) is 22.6 Å². The number of nitrogens with one attached hydrogen (secondary N) is 1. The Bertz CT molecular complexity index is 1010. The van der Waals surface area contributed by atoms with Gasteiger partial charge in [-0.15, -0.1) is 0 Å². The molecular formula is C24H31N3O3. The number of rotatable bonds is 3. The van der Waals surface area contributed by atoms with Crippen LogP contribution in [0.25, 0.3) is 11.1 Å². The summed E-state index contributed by atoms with van der Waals surface area (Å²) in [5, 5.41) is 13.9. The van der Waals surface area contributed by atoms with Crippen molar-refractivity contribution in [3.05, 3.63) is 45.9 Å². The third kappa shape index (κ3) is 3.63. The molecule has 0 radical (unpaired) electrons. The lowest BCUT2D eigenvalue weighted by Crippen LogP contribution is -2.48. The number of benzene rings is 1. The number of nitrogens with zero attached hydrogens (tertiary/aromatic N) is 2.